The second-order valence-electron chi connectivity index (χ2n) is 9.91. The van der Waals surface area contributed by atoms with Gasteiger partial charge in [-0.1, -0.05) is 77.7 Å². The number of ketones is 1. The molecule has 0 radical (unpaired) electrons. The van der Waals surface area contributed by atoms with Crippen LogP contribution in [0.2, 0.25) is 0 Å². The number of aliphatic hydroxyl groups is 1. The molecule has 1 unspecified atom stereocenters. The van der Waals surface area contributed by atoms with Crippen molar-refractivity contribution >= 4 is 62.4 Å². The van der Waals surface area contributed by atoms with E-state index >= 15 is 0 Å². The van der Waals surface area contributed by atoms with E-state index in [-0.39, 0.29) is 27.6 Å². The Morgan fingerprint density at radius 2 is 1.71 bits per heavy atom. The summed E-state index contributed by atoms with van der Waals surface area (Å²) in [7, 11) is 2.56. The third kappa shape index (κ3) is 5.65. The smallest absolute Gasteiger partial charge is 0.337 e. The molecule has 2 heterocycles. The van der Waals surface area contributed by atoms with Crippen molar-refractivity contribution in [2.75, 3.05) is 19.1 Å². The second-order valence-corrected chi connectivity index (χ2v) is 12.1. The lowest BCUT2D eigenvalue weighted by molar-refractivity contribution is -0.132. The zero-order valence-corrected chi connectivity index (χ0v) is 25.5. The largest absolute Gasteiger partial charge is 0.507 e. The van der Waals surface area contributed by atoms with E-state index in [1.165, 1.54) is 55.1 Å². The fraction of sp³-hybridized carbons (Fsp3) is 0.121. The van der Waals surface area contributed by atoms with Crippen LogP contribution in [0.1, 0.15) is 33.1 Å². The van der Waals surface area contributed by atoms with Crippen molar-refractivity contribution in [1.82, 2.24) is 10.2 Å². The highest BCUT2D eigenvalue weighted by molar-refractivity contribution is 8.00. The number of benzene rings is 4. The Hall–Kier alpha value is -5.07. The molecule has 5 aromatic rings. The monoisotopic (exact) mass is 641 g/mol. The average Bonchev–Trinajstić information content (AvgIpc) is 3.64. The Morgan fingerprint density at radius 1 is 0.978 bits per heavy atom. The zero-order valence-electron chi connectivity index (χ0n) is 23.9. The lowest BCUT2D eigenvalue weighted by Crippen LogP contribution is -2.29. The van der Waals surface area contributed by atoms with E-state index in [9.17, 15) is 23.9 Å². The molecule has 1 atom stereocenters. The third-order valence-electron chi connectivity index (χ3n) is 7.35. The number of hydrogen-bond donors (Lipinski definition) is 1. The average molecular weight is 642 g/mol. The van der Waals surface area contributed by atoms with Gasteiger partial charge >= 0.3 is 11.9 Å². The summed E-state index contributed by atoms with van der Waals surface area (Å²) < 4.78 is 24.9. The molecule has 0 bridgehead atoms. The number of aliphatic hydroxyl groups excluding tert-OH is 1. The number of nitrogens with zero attached hydrogens (tertiary/aromatic N) is 3. The summed E-state index contributed by atoms with van der Waals surface area (Å²) in [5, 5.41) is 22.2. The topological polar surface area (TPSA) is 119 Å². The SMILES string of the molecule is COC(=O)c1ccc(C2/C(=C(/O)c3ccc(OC)c(F)c3)C(=O)C(=O)N2c2nnc(SCc3cccc4ccccc34)s2)cc1. The maximum Gasteiger partial charge on any atom is 0.337 e. The van der Waals surface area contributed by atoms with Gasteiger partial charge in [0.25, 0.3) is 5.78 Å². The predicted molar refractivity (Wildman–Crippen MR) is 169 cm³/mol. The van der Waals surface area contributed by atoms with Gasteiger partial charge in [0.1, 0.15) is 5.76 Å². The lowest BCUT2D eigenvalue weighted by atomic mass is 9.94. The Kier molecular flexibility index (Phi) is 8.33. The van der Waals surface area contributed by atoms with Crippen molar-refractivity contribution in [3.8, 4) is 5.75 Å². The highest BCUT2D eigenvalue weighted by Crippen LogP contribution is 2.44. The predicted octanol–water partition coefficient (Wildman–Crippen LogP) is 6.54. The summed E-state index contributed by atoms with van der Waals surface area (Å²) >= 11 is 2.57. The molecule has 0 spiro atoms. The van der Waals surface area contributed by atoms with Crippen LogP contribution in [0.15, 0.2) is 94.8 Å². The van der Waals surface area contributed by atoms with Crippen LogP contribution in [-0.2, 0) is 20.1 Å². The first-order valence-electron chi connectivity index (χ1n) is 13.6. The van der Waals surface area contributed by atoms with Crippen LogP contribution in [0.3, 0.4) is 0 Å². The van der Waals surface area contributed by atoms with Gasteiger partial charge in [0.2, 0.25) is 5.13 Å². The molecule has 1 N–H and O–H groups in total. The molecule has 1 aromatic heterocycles. The van der Waals surface area contributed by atoms with Crippen LogP contribution in [-0.4, -0.2) is 47.2 Å². The van der Waals surface area contributed by atoms with Gasteiger partial charge in [0.05, 0.1) is 31.4 Å². The number of anilines is 1. The fourth-order valence-electron chi connectivity index (χ4n) is 5.15. The molecular weight excluding hydrogens is 618 g/mol. The van der Waals surface area contributed by atoms with E-state index in [4.69, 9.17) is 9.47 Å². The summed E-state index contributed by atoms with van der Waals surface area (Å²) in [4.78, 5) is 40.3. The Balaban J connectivity index is 1.39. The molecule has 6 rings (SSSR count). The number of thioether (sulfide) groups is 1. The molecule has 4 aromatic carbocycles. The van der Waals surface area contributed by atoms with Crippen molar-refractivity contribution in [2.45, 2.75) is 16.1 Å². The van der Waals surface area contributed by atoms with Crippen LogP contribution in [0, 0.1) is 5.82 Å². The first-order chi connectivity index (χ1) is 21.8. The summed E-state index contributed by atoms with van der Waals surface area (Å²) in [5.41, 5.74) is 1.46. The molecule has 1 amide bonds. The highest BCUT2D eigenvalue weighted by atomic mass is 32.2. The summed E-state index contributed by atoms with van der Waals surface area (Å²) in [5.74, 6) is -3.27. The van der Waals surface area contributed by atoms with E-state index in [0.717, 1.165) is 33.7 Å². The quantitative estimate of drug-likeness (QED) is 0.0503. The van der Waals surface area contributed by atoms with Crippen molar-refractivity contribution in [3.63, 3.8) is 0 Å². The first kappa shape index (κ1) is 30.0. The molecule has 12 heteroatoms. The number of methoxy groups -OCH3 is 2. The third-order valence-corrected chi connectivity index (χ3v) is 9.45. The van der Waals surface area contributed by atoms with E-state index in [2.05, 4.69) is 16.3 Å². The van der Waals surface area contributed by atoms with Gasteiger partial charge in [-0.15, -0.1) is 10.2 Å². The minimum absolute atomic E-state index is 0.0222. The molecule has 45 heavy (non-hydrogen) atoms. The van der Waals surface area contributed by atoms with Gasteiger partial charge in [0, 0.05) is 11.3 Å². The van der Waals surface area contributed by atoms with Gasteiger partial charge in [0.15, 0.2) is 15.9 Å². The second kappa shape index (κ2) is 12.5. The number of amides is 1. The van der Waals surface area contributed by atoms with Crippen molar-refractivity contribution in [3.05, 3.63) is 119 Å². The number of aromatic nitrogens is 2. The Bertz CT molecular complexity index is 1990. The van der Waals surface area contributed by atoms with E-state index in [1.54, 1.807) is 12.1 Å². The molecule has 1 fully saturated rings. The molecule has 1 saturated heterocycles. The summed E-state index contributed by atoms with van der Waals surface area (Å²) in [6, 6.07) is 22.8. The summed E-state index contributed by atoms with van der Waals surface area (Å²) in [6.07, 6.45) is 0. The molecular formula is C33H24FN3O6S2. The lowest BCUT2D eigenvalue weighted by Gasteiger charge is -2.22. The maximum absolute atomic E-state index is 14.6. The summed E-state index contributed by atoms with van der Waals surface area (Å²) in [6.45, 7) is 0. The van der Waals surface area contributed by atoms with Crippen LogP contribution < -0.4 is 9.64 Å². The number of rotatable bonds is 8. The molecule has 1 aliphatic rings. The first-order valence-corrected chi connectivity index (χ1v) is 15.4. The van der Waals surface area contributed by atoms with Crippen LogP contribution in [0.4, 0.5) is 9.52 Å². The maximum atomic E-state index is 14.6. The van der Waals surface area contributed by atoms with Crippen molar-refractivity contribution < 1.29 is 33.4 Å². The van der Waals surface area contributed by atoms with Crippen LogP contribution >= 0.6 is 23.1 Å². The Labute approximate surface area is 264 Å². The minimum atomic E-state index is -1.15. The number of carbonyl (C=O) groups is 3. The number of ether oxygens (including phenoxy) is 2. The van der Waals surface area contributed by atoms with E-state index in [1.807, 2.05) is 36.4 Å². The number of fused-ring (bicyclic) bond motifs is 1. The number of esters is 1. The zero-order chi connectivity index (χ0) is 31.7. The Morgan fingerprint density at radius 3 is 2.44 bits per heavy atom. The number of carbonyl (C=O) groups excluding carboxylic acids is 3. The fourth-order valence-corrected chi connectivity index (χ4v) is 7.02. The van der Waals surface area contributed by atoms with Gasteiger partial charge in [-0.3, -0.25) is 14.5 Å². The number of hydrogen-bond acceptors (Lipinski definition) is 10. The standard InChI is InChI=1S/C33H24FN3O6S2/c1-42-25-15-14-21(16-24(25)34)28(38)26-27(19-10-12-20(13-11-19)31(41)43-2)37(30(40)29(26)39)32-35-36-33(45-32)44-17-22-8-5-7-18-6-3-4-9-23(18)22/h3-16,27,38H,17H2,1-2H3/b28-26-. The molecule has 0 saturated carbocycles. The number of Topliss-reactive ketones (excluding diaryl/α,β-unsaturated/α-hetero) is 1. The minimum Gasteiger partial charge on any atom is -0.507 e. The van der Waals surface area contributed by atoms with Crippen molar-refractivity contribution in [1.29, 1.82) is 0 Å². The normalized spacial score (nSPS) is 15.9. The molecule has 9 nitrogen and oxygen atoms in total. The van der Waals surface area contributed by atoms with E-state index < -0.39 is 35.3 Å². The van der Waals surface area contributed by atoms with Gasteiger partial charge < -0.3 is 14.6 Å². The molecule has 0 aliphatic carbocycles. The van der Waals surface area contributed by atoms with Crippen LogP contribution in [0.25, 0.3) is 16.5 Å². The number of halogens is 1. The highest BCUT2D eigenvalue weighted by Gasteiger charge is 2.48. The van der Waals surface area contributed by atoms with Crippen molar-refractivity contribution in [2.24, 2.45) is 0 Å². The van der Waals surface area contributed by atoms with Gasteiger partial charge in [-0.05, 0) is 52.2 Å². The van der Waals surface area contributed by atoms with Gasteiger partial charge in [-0.25, -0.2) is 9.18 Å². The molecule has 226 valence electrons. The molecule has 1 aliphatic heterocycles. The van der Waals surface area contributed by atoms with E-state index in [0.29, 0.717) is 15.7 Å². The van der Waals surface area contributed by atoms with Crippen LogP contribution in [0.5, 0.6) is 5.75 Å². The van der Waals surface area contributed by atoms with Gasteiger partial charge in [-0.2, -0.15) is 0 Å².